The maximum absolute atomic E-state index is 11.6. The van der Waals surface area contributed by atoms with E-state index >= 15 is 0 Å². The average Bonchev–Trinajstić information content (AvgIpc) is 2.16. The number of aromatic amines is 1. The lowest BCUT2D eigenvalue weighted by molar-refractivity contribution is 0.448. The summed E-state index contributed by atoms with van der Waals surface area (Å²) in [5.41, 5.74) is -0.765. The van der Waals surface area contributed by atoms with Gasteiger partial charge in [0.15, 0.2) is 0 Å². The molecule has 1 unspecified atom stereocenters. The van der Waals surface area contributed by atoms with E-state index in [0.717, 1.165) is 25.7 Å². The Morgan fingerprint density at radius 2 is 2.12 bits per heavy atom. The average molecular weight is 245 g/mol. The van der Waals surface area contributed by atoms with Crippen molar-refractivity contribution in [3.63, 3.8) is 0 Å². The van der Waals surface area contributed by atoms with Crippen molar-refractivity contribution in [3.8, 4) is 0 Å². The van der Waals surface area contributed by atoms with Crippen LogP contribution in [0.1, 0.15) is 45.6 Å². The zero-order valence-electron chi connectivity index (χ0n) is 9.62. The van der Waals surface area contributed by atoms with Crippen LogP contribution in [0.4, 0.5) is 0 Å². The second kappa shape index (κ2) is 5.89. The molecule has 1 rings (SSSR count). The number of hydrogen-bond acceptors (Lipinski definition) is 2. The molecule has 1 aromatic heterocycles. The van der Waals surface area contributed by atoms with Crippen LogP contribution in [0.3, 0.4) is 0 Å². The number of H-pyrrole nitrogens is 1. The van der Waals surface area contributed by atoms with Crippen LogP contribution in [-0.4, -0.2) is 9.55 Å². The van der Waals surface area contributed by atoms with Crippen molar-refractivity contribution in [1.82, 2.24) is 9.55 Å². The first-order valence-corrected chi connectivity index (χ1v) is 5.95. The SMILES string of the molecule is CCCCCC(C)n1c(=O)cc(Cl)[nH]c1=O. The Morgan fingerprint density at radius 3 is 2.69 bits per heavy atom. The number of aromatic nitrogens is 2. The smallest absolute Gasteiger partial charge is 0.298 e. The van der Waals surface area contributed by atoms with Gasteiger partial charge in [0.05, 0.1) is 0 Å². The third-order valence-corrected chi connectivity index (χ3v) is 2.80. The molecule has 0 aromatic carbocycles. The van der Waals surface area contributed by atoms with Crippen molar-refractivity contribution in [1.29, 1.82) is 0 Å². The van der Waals surface area contributed by atoms with E-state index in [9.17, 15) is 9.59 Å². The summed E-state index contributed by atoms with van der Waals surface area (Å²) >= 11 is 5.58. The highest BCUT2D eigenvalue weighted by Gasteiger charge is 2.10. The van der Waals surface area contributed by atoms with Crippen molar-refractivity contribution in [2.75, 3.05) is 0 Å². The highest BCUT2D eigenvalue weighted by atomic mass is 35.5. The first kappa shape index (κ1) is 13.0. The molecule has 1 aromatic rings. The van der Waals surface area contributed by atoms with Crippen molar-refractivity contribution in [3.05, 3.63) is 32.1 Å². The van der Waals surface area contributed by atoms with Gasteiger partial charge >= 0.3 is 5.69 Å². The Morgan fingerprint density at radius 1 is 1.44 bits per heavy atom. The monoisotopic (exact) mass is 244 g/mol. The van der Waals surface area contributed by atoms with Gasteiger partial charge in [-0.25, -0.2) is 4.79 Å². The maximum atomic E-state index is 11.6. The van der Waals surface area contributed by atoms with Crippen LogP contribution >= 0.6 is 11.6 Å². The van der Waals surface area contributed by atoms with E-state index in [1.165, 1.54) is 10.6 Å². The molecule has 0 fully saturated rings. The largest absolute Gasteiger partial charge is 0.329 e. The molecule has 1 atom stereocenters. The van der Waals surface area contributed by atoms with E-state index in [0.29, 0.717) is 0 Å². The van der Waals surface area contributed by atoms with Crippen LogP contribution in [0, 0.1) is 0 Å². The fraction of sp³-hybridized carbons (Fsp3) is 0.636. The number of hydrogen-bond donors (Lipinski definition) is 1. The summed E-state index contributed by atoms with van der Waals surface area (Å²) < 4.78 is 1.22. The molecular weight excluding hydrogens is 228 g/mol. The summed E-state index contributed by atoms with van der Waals surface area (Å²) in [7, 11) is 0. The maximum Gasteiger partial charge on any atom is 0.329 e. The summed E-state index contributed by atoms with van der Waals surface area (Å²) in [6.45, 7) is 3.99. The fourth-order valence-corrected chi connectivity index (χ4v) is 1.89. The van der Waals surface area contributed by atoms with Crippen molar-refractivity contribution < 1.29 is 0 Å². The normalized spacial score (nSPS) is 12.7. The van der Waals surface area contributed by atoms with E-state index in [-0.39, 0.29) is 16.8 Å². The fourth-order valence-electron chi connectivity index (χ4n) is 1.71. The van der Waals surface area contributed by atoms with Gasteiger partial charge in [-0.15, -0.1) is 0 Å². The summed E-state index contributed by atoms with van der Waals surface area (Å²) in [6, 6.07) is 1.15. The van der Waals surface area contributed by atoms with Crippen LogP contribution in [0.15, 0.2) is 15.7 Å². The summed E-state index contributed by atoms with van der Waals surface area (Å²) in [6.07, 6.45) is 4.09. The predicted molar refractivity (Wildman–Crippen MR) is 65.2 cm³/mol. The highest BCUT2D eigenvalue weighted by molar-refractivity contribution is 6.29. The molecule has 0 spiro atoms. The Kier molecular flexibility index (Phi) is 4.80. The molecule has 1 heterocycles. The molecule has 0 amide bonds. The van der Waals surface area contributed by atoms with E-state index < -0.39 is 5.69 Å². The second-order valence-corrected chi connectivity index (χ2v) is 4.38. The number of nitrogens with one attached hydrogen (secondary N) is 1. The van der Waals surface area contributed by atoms with Crippen LogP contribution in [0.25, 0.3) is 0 Å². The van der Waals surface area contributed by atoms with Gasteiger partial charge in [0, 0.05) is 12.1 Å². The van der Waals surface area contributed by atoms with Gasteiger partial charge in [-0.1, -0.05) is 37.8 Å². The minimum absolute atomic E-state index is 0.0833. The van der Waals surface area contributed by atoms with E-state index in [1.54, 1.807) is 0 Å². The Labute approximate surface area is 99.3 Å². The van der Waals surface area contributed by atoms with Gasteiger partial charge in [0.2, 0.25) is 0 Å². The minimum atomic E-state index is -0.429. The number of halogens is 1. The summed E-state index contributed by atoms with van der Waals surface area (Å²) in [5.74, 6) is 0. The molecule has 1 N–H and O–H groups in total. The first-order chi connectivity index (χ1) is 7.56. The Balaban J connectivity index is 2.87. The van der Waals surface area contributed by atoms with E-state index in [1.807, 2.05) is 6.92 Å². The van der Waals surface area contributed by atoms with E-state index in [2.05, 4.69) is 11.9 Å². The quantitative estimate of drug-likeness (QED) is 0.639. The molecular formula is C11H17ClN2O2. The van der Waals surface area contributed by atoms with Gasteiger partial charge in [-0.3, -0.25) is 14.3 Å². The number of unbranched alkanes of at least 4 members (excludes halogenated alkanes) is 2. The molecule has 0 radical (unpaired) electrons. The van der Waals surface area contributed by atoms with Gasteiger partial charge < -0.3 is 0 Å². The van der Waals surface area contributed by atoms with Crippen LogP contribution in [0.5, 0.6) is 0 Å². The van der Waals surface area contributed by atoms with Gasteiger partial charge in [0.25, 0.3) is 5.56 Å². The van der Waals surface area contributed by atoms with Crippen LogP contribution in [-0.2, 0) is 0 Å². The highest BCUT2D eigenvalue weighted by Crippen LogP contribution is 2.11. The third kappa shape index (κ3) is 3.23. The molecule has 5 heteroatoms. The zero-order valence-corrected chi connectivity index (χ0v) is 10.4. The molecule has 0 saturated carbocycles. The van der Waals surface area contributed by atoms with E-state index in [4.69, 9.17) is 11.6 Å². The molecule has 0 saturated heterocycles. The number of nitrogens with zero attached hydrogens (tertiary/aromatic N) is 1. The van der Waals surface area contributed by atoms with Crippen molar-refractivity contribution in [2.24, 2.45) is 0 Å². The molecule has 16 heavy (non-hydrogen) atoms. The van der Waals surface area contributed by atoms with Crippen molar-refractivity contribution >= 4 is 11.6 Å². The third-order valence-electron chi connectivity index (χ3n) is 2.60. The standard InChI is InChI=1S/C11H17ClN2O2/c1-3-4-5-6-8(2)14-10(15)7-9(12)13-11(14)16/h7-8H,3-6H2,1-2H3,(H,13,16). The van der Waals surface area contributed by atoms with Gasteiger partial charge in [-0.2, -0.15) is 0 Å². The van der Waals surface area contributed by atoms with Crippen molar-refractivity contribution in [2.45, 2.75) is 45.6 Å². The second-order valence-electron chi connectivity index (χ2n) is 3.98. The van der Waals surface area contributed by atoms with Crippen LogP contribution in [0.2, 0.25) is 5.15 Å². The first-order valence-electron chi connectivity index (χ1n) is 5.57. The molecule has 4 nitrogen and oxygen atoms in total. The lowest BCUT2D eigenvalue weighted by Crippen LogP contribution is -2.36. The van der Waals surface area contributed by atoms with Gasteiger partial charge in [0.1, 0.15) is 5.15 Å². The zero-order chi connectivity index (χ0) is 12.1. The topological polar surface area (TPSA) is 54.9 Å². The Bertz CT molecular complexity index is 419. The molecule has 90 valence electrons. The predicted octanol–water partition coefficient (Wildman–Crippen LogP) is 2.33. The Hall–Kier alpha value is -1.03. The number of rotatable bonds is 5. The summed E-state index contributed by atoms with van der Waals surface area (Å²) in [4.78, 5) is 25.6. The molecule has 0 bridgehead atoms. The summed E-state index contributed by atoms with van der Waals surface area (Å²) in [5, 5.41) is 0.0898. The van der Waals surface area contributed by atoms with Crippen LogP contribution < -0.4 is 11.2 Å². The lowest BCUT2D eigenvalue weighted by Gasteiger charge is -2.13. The minimum Gasteiger partial charge on any atom is -0.298 e. The molecule has 0 aliphatic carbocycles. The molecule has 0 aliphatic heterocycles. The molecule has 0 aliphatic rings. The lowest BCUT2D eigenvalue weighted by atomic mass is 10.1. The van der Waals surface area contributed by atoms with Gasteiger partial charge in [-0.05, 0) is 13.3 Å².